The Morgan fingerprint density at radius 2 is 1.78 bits per heavy atom. The summed E-state index contributed by atoms with van der Waals surface area (Å²) in [4.78, 5) is 12.3. The third-order valence-corrected chi connectivity index (χ3v) is 6.08. The summed E-state index contributed by atoms with van der Waals surface area (Å²) in [6.07, 6.45) is 1.97. The summed E-state index contributed by atoms with van der Waals surface area (Å²) in [5, 5.41) is 0. The van der Waals surface area contributed by atoms with Crippen molar-refractivity contribution in [1.29, 1.82) is 0 Å². The SMILES string of the molecule is CCN(CC)S(=O)(=O)c1cc(C(=O)OCCCOc2ccccc2)n(C)c1. The summed E-state index contributed by atoms with van der Waals surface area (Å²) in [6.45, 7) is 4.90. The molecule has 2 rings (SSSR count). The summed E-state index contributed by atoms with van der Waals surface area (Å²) in [7, 11) is -1.99. The minimum atomic E-state index is -3.61. The molecule has 0 unspecified atom stereocenters. The number of rotatable bonds is 10. The van der Waals surface area contributed by atoms with Gasteiger partial charge in [-0.2, -0.15) is 4.31 Å². The Labute approximate surface area is 160 Å². The number of carbonyl (C=O) groups is 1. The van der Waals surface area contributed by atoms with Crippen molar-refractivity contribution >= 4 is 16.0 Å². The van der Waals surface area contributed by atoms with E-state index in [0.29, 0.717) is 26.1 Å². The highest BCUT2D eigenvalue weighted by molar-refractivity contribution is 7.89. The number of carbonyl (C=O) groups excluding carboxylic acids is 1. The van der Waals surface area contributed by atoms with Crippen LogP contribution in [0.25, 0.3) is 0 Å². The van der Waals surface area contributed by atoms with Crippen LogP contribution < -0.4 is 4.74 Å². The molecule has 0 amide bonds. The number of benzene rings is 1. The van der Waals surface area contributed by atoms with E-state index in [9.17, 15) is 13.2 Å². The lowest BCUT2D eigenvalue weighted by Crippen LogP contribution is -2.30. The molecule has 148 valence electrons. The fourth-order valence-corrected chi connectivity index (χ4v) is 4.13. The monoisotopic (exact) mass is 394 g/mol. The van der Waals surface area contributed by atoms with Crippen molar-refractivity contribution in [3.8, 4) is 5.75 Å². The molecule has 1 aromatic heterocycles. The van der Waals surface area contributed by atoms with Crippen LogP contribution >= 0.6 is 0 Å². The molecule has 0 saturated carbocycles. The molecule has 0 aliphatic rings. The van der Waals surface area contributed by atoms with Crippen LogP contribution in [-0.2, 0) is 21.8 Å². The van der Waals surface area contributed by atoms with Crippen molar-refractivity contribution in [3.05, 3.63) is 48.3 Å². The van der Waals surface area contributed by atoms with Gasteiger partial charge in [0.25, 0.3) is 0 Å². The van der Waals surface area contributed by atoms with Gasteiger partial charge in [-0.3, -0.25) is 0 Å². The highest BCUT2D eigenvalue weighted by Gasteiger charge is 2.25. The van der Waals surface area contributed by atoms with E-state index in [2.05, 4.69) is 0 Å². The molecular formula is C19H26N2O5S. The Hall–Kier alpha value is -2.32. The number of esters is 1. The lowest BCUT2D eigenvalue weighted by molar-refractivity contribution is 0.0475. The quantitative estimate of drug-likeness (QED) is 0.457. The van der Waals surface area contributed by atoms with Crippen molar-refractivity contribution in [2.24, 2.45) is 7.05 Å². The molecular weight excluding hydrogens is 368 g/mol. The summed E-state index contributed by atoms with van der Waals surface area (Å²) in [5.41, 5.74) is 0.199. The van der Waals surface area contributed by atoms with Crippen LogP contribution in [0.1, 0.15) is 30.8 Å². The molecule has 0 saturated heterocycles. The number of ether oxygens (including phenoxy) is 2. The second kappa shape index (κ2) is 9.57. The first kappa shape index (κ1) is 21.0. The Morgan fingerprint density at radius 1 is 1.11 bits per heavy atom. The van der Waals surface area contributed by atoms with Crippen molar-refractivity contribution in [2.75, 3.05) is 26.3 Å². The van der Waals surface area contributed by atoms with E-state index in [4.69, 9.17) is 9.47 Å². The van der Waals surface area contributed by atoms with Gasteiger partial charge in [0.05, 0.1) is 13.2 Å². The van der Waals surface area contributed by atoms with Crippen molar-refractivity contribution < 1.29 is 22.7 Å². The highest BCUT2D eigenvalue weighted by atomic mass is 32.2. The third-order valence-electron chi connectivity index (χ3n) is 4.07. The van der Waals surface area contributed by atoms with Crippen LogP contribution in [0.4, 0.5) is 0 Å². The van der Waals surface area contributed by atoms with Crippen LogP contribution in [0.5, 0.6) is 5.75 Å². The predicted octanol–water partition coefficient (Wildman–Crippen LogP) is 2.68. The van der Waals surface area contributed by atoms with Crippen LogP contribution in [0.2, 0.25) is 0 Å². The van der Waals surface area contributed by atoms with Crippen LogP contribution in [0.15, 0.2) is 47.5 Å². The molecule has 0 aliphatic carbocycles. The minimum Gasteiger partial charge on any atom is -0.493 e. The zero-order valence-electron chi connectivity index (χ0n) is 15.9. The molecule has 0 N–H and O–H groups in total. The van der Waals surface area contributed by atoms with Gasteiger partial charge in [0, 0.05) is 32.8 Å². The van der Waals surface area contributed by atoms with Gasteiger partial charge < -0.3 is 14.0 Å². The maximum Gasteiger partial charge on any atom is 0.354 e. The number of sulfonamides is 1. The number of aryl methyl sites for hydroxylation is 1. The van der Waals surface area contributed by atoms with Gasteiger partial charge in [-0.05, 0) is 18.2 Å². The Balaban J connectivity index is 1.90. The van der Waals surface area contributed by atoms with Crippen LogP contribution in [-0.4, -0.2) is 49.6 Å². The van der Waals surface area contributed by atoms with Gasteiger partial charge >= 0.3 is 5.97 Å². The van der Waals surface area contributed by atoms with Crippen molar-refractivity contribution in [2.45, 2.75) is 25.2 Å². The smallest absolute Gasteiger partial charge is 0.354 e. The third kappa shape index (κ3) is 5.33. The van der Waals surface area contributed by atoms with E-state index in [1.165, 1.54) is 21.1 Å². The van der Waals surface area contributed by atoms with Crippen LogP contribution in [0.3, 0.4) is 0 Å². The number of nitrogens with zero attached hydrogens (tertiary/aromatic N) is 2. The molecule has 0 spiro atoms. The lowest BCUT2D eigenvalue weighted by atomic mass is 10.3. The zero-order valence-corrected chi connectivity index (χ0v) is 16.7. The van der Waals surface area contributed by atoms with Crippen molar-refractivity contribution in [3.63, 3.8) is 0 Å². The molecule has 1 heterocycles. The molecule has 0 bridgehead atoms. The second-order valence-electron chi connectivity index (χ2n) is 5.91. The fourth-order valence-electron chi connectivity index (χ4n) is 2.60. The van der Waals surface area contributed by atoms with Gasteiger partial charge in [-0.15, -0.1) is 0 Å². The predicted molar refractivity (Wildman–Crippen MR) is 102 cm³/mol. The van der Waals surface area contributed by atoms with Crippen molar-refractivity contribution in [1.82, 2.24) is 8.87 Å². The van der Waals surface area contributed by atoms with E-state index in [0.717, 1.165) is 5.75 Å². The molecule has 27 heavy (non-hydrogen) atoms. The number of para-hydroxylation sites is 1. The average Bonchev–Trinajstić information content (AvgIpc) is 3.05. The maximum atomic E-state index is 12.6. The van der Waals surface area contributed by atoms with Gasteiger partial charge in [0.15, 0.2) is 0 Å². The van der Waals surface area contributed by atoms with Crippen LogP contribution in [0, 0.1) is 0 Å². The maximum absolute atomic E-state index is 12.6. The highest BCUT2D eigenvalue weighted by Crippen LogP contribution is 2.19. The van der Waals surface area contributed by atoms with Gasteiger partial charge in [-0.25, -0.2) is 13.2 Å². The Bertz CT molecular complexity index is 842. The fraction of sp³-hybridized carbons (Fsp3) is 0.421. The largest absolute Gasteiger partial charge is 0.493 e. The lowest BCUT2D eigenvalue weighted by Gasteiger charge is -2.17. The summed E-state index contributed by atoms with van der Waals surface area (Å²) >= 11 is 0. The van der Waals surface area contributed by atoms with E-state index >= 15 is 0 Å². The molecule has 8 heteroatoms. The van der Waals surface area contributed by atoms with E-state index in [1.807, 2.05) is 30.3 Å². The molecule has 0 radical (unpaired) electrons. The van der Waals surface area contributed by atoms with E-state index in [-0.39, 0.29) is 17.2 Å². The molecule has 7 nitrogen and oxygen atoms in total. The first-order valence-corrected chi connectivity index (χ1v) is 10.4. The molecule has 0 fully saturated rings. The second-order valence-corrected chi connectivity index (χ2v) is 7.85. The zero-order chi connectivity index (χ0) is 19.9. The average molecular weight is 394 g/mol. The topological polar surface area (TPSA) is 77.8 Å². The van der Waals surface area contributed by atoms with E-state index in [1.54, 1.807) is 20.9 Å². The summed E-state index contributed by atoms with van der Waals surface area (Å²) in [6, 6.07) is 10.7. The van der Waals surface area contributed by atoms with Gasteiger partial charge in [-0.1, -0.05) is 32.0 Å². The summed E-state index contributed by atoms with van der Waals surface area (Å²) < 4.78 is 38.7. The molecule has 2 aromatic rings. The van der Waals surface area contributed by atoms with Gasteiger partial charge in [0.1, 0.15) is 16.3 Å². The standard InChI is InChI=1S/C19H26N2O5S/c1-4-21(5-2)27(23,24)17-14-18(20(3)15-17)19(22)26-13-9-12-25-16-10-7-6-8-11-16/h6-8,10-11,14-15H,4-5,9,12-13H2,1-3H3. The first-order valence-electron chi connectivity index (χ1n) is 8.91. The normalized spacial score (nSPS) is 11.6. The number of aromatic nitrogens is 1. The Kier molecular flexibility index (Phi) is 7.44. The first-order chi connectivity index (χ1) is 12.9. The number of hydrogen-bond donors (Lipinski definition) is 0. The summed E-state index contributed by atoms with van der Waals surface area (Å²) in [5.74, 6) is 0.204. The number of hydrogen-bond acceptors (Lipinski definition) is 5. The van der Waals surface area contributed by atoms with Gasteiger partial charge in [0.2, 0.25) is 10.0 Å². The minimum absolute atomic E-state index is 0.0908. The Morgan fingerprint density at radius 3 is 2.41 bits per heavy atom. The molecule has 0 atom stereocenters. The molecule has 1 aromatic carbocycles. The van der Waals surface area contributed by atoms with E-state index < -0.39 is 16.0 Å². The molecule has 0 aliphatic heterocycles.